The zero-order valence-corrected chi connectivity index (χ0v) is 16.6. The Labute approximate surface area is 149 Å². The van der Waals surface area contributed by atoms with Gasteiger partial charge in [0, 0.05) is 32.1 Å². The van der Waals surface area contributed by atoms with E-state index in [2.05, 4.69) is 24.7 Å². The van der Waals surface area contributed by atoms with Crippen LogP contribution in [0.2, 0.25) is 25.7 Å². The quantitative estimate of drug-likeness (QED) is 0.353. The first kappa shape index (κ1) is 19.2. The van der Waals surface area contributed by atoms with Crippen LogP contribution in [-0.2, 0) is 16.2 Å². The van der Waals surface area contributed by atoms with E-state index in [1.807, 2.05) is 12.3 Å². The molecule has 0 unspecified atom stereocenters. The molecular formula is C18H27N3O3Si. The van der Waals surface area contributed by atoms with Gasteiger partial charge in [-0.3, -0.25) is 0 Å². The zero-order valence-electron chi connectivity index (χ0n) is 15.6. The standard InChI is InChI=1S/C18H27N3O3Si/c1-13-16(18(22)23-2)8-14(9-17(13)19)15-10-20-21(11-15)12-24-6-7-25(3,4)5/h8-11H,6-7,12,19H2,1-5H3. The highest BCUT2D eigenvalue weighted by Gasteiger charge is 2.15. The number of carbonyl (C=O) groups excluding carboxylic acids is 1. The van der Waals surface area contributed by atoms with Gasteiger partial charge in [0.15, 0.2) is 0 Å². The highest BCUT2D eigenvalue weighted by atomic mass is 28.3. The van der Waals surface area contributed by atoms with Crippen molar-refractivity contribution in [2.75, 3.05) is 19.5 Å². The molecule has 0 aliphatic carbocycles. The summed E-state index contributed by atoms with van der Waals surface area (Å²) in [7, 11) is 0.274. The molecule has 6 nitrogen and oxygen atoms in total. The monoisotopic (exact) mass is 361 g/mol. The number of esters is 1. The number of aromatic nitrogens is 2. The molecule has 0 saturated carbocycles. The van der Waals surface area contributed by atoms with Gasteiger partial charge < -0.3 is 15.2 Å². The van der Waals surface area contributed by atoms with E-state index in [-0.39, 0.29) is 0 Å². The fraction of sp³-hybridized carbons (Fsp3) is 0.444. The highest BCUT2D eigenvalue weighted by molar-refractivity contribution is 6.76. The SMILES string of the molecule is COC(=O)c1cc(-c2cnn(COCC[Si](C)(C)C)c2)cc(N)c1C. The van der Waals surface area contributed by atoms with Crippen LogP contribution in [0.3, 0.4) is 0 Å². The fourth-order valence-corrected chi connectivity index (χ4v) is 3.10. The summed E-state index contributed by atoms with van der Waals surface area (Å²) >= 11 is 0. The van der Waals surface area contributed by atoms with Crippen molar-refractivity contribution < 1.29 is 14.3 Å². The lowest BCUT2D eigenvalue weighted by molar-refractivity contribution is 0.0600. The van der Waals surface area contributed by atoms with Crippen molar-refractivity contribution in [1.29, 1.82) is 0 Å². The molecule has 0 aliphatic rings. The molecule has 0 aliphatic heterocycles. The third-order valence-electron chi connectivity index (χ3n) is 4.04. The van der Waals surface area contributed by atoms with Gasteiger partial charge in [-0.05, 0) is 36.2 Å². The van der Waals surface area contributed by atoms with Crippen molar-refractivity contribution in [3.63, 3.8) is 0 Å². The molecule has 1 aromatic heterocycles. The summed E-state index contributed by atoms with van der Waals surface area (Å²) in [5.41, 5.74) is 9.49. The van der Waals surface area contributed by atoms with Gasteiger partial charge in [0.1, 0.15) is 6.73 Å². The van der Waals surface area contributed by atoms with Gasteiger partial charge in [0.2, 0.25) is 0 Å². The molecule has 1 aromatic carbocycles. The summed E-state index contributed by atoms with van der Waals surface area (Å²) in [6.45, 7) is 9.93. The number of nitrogens with two attached hydrogens (primary N) is 1. The zero-order chi connectivity index (χ0) is 18.6. The van der Waals surface area contributed by atoms with Crippen LogP contribution in [0.5, 0.6) is 0 Å². The molecule has 0 saturated heterocycles. The molecular weight excluding hydrogens is 334 g/mol. The lowest BCUT2D eigenvalue weighted by atomic mass is 10.00. The normalized spacial score (nSPS) is 11.6. The van der Waals surface area contributed by atoms with Crippen molar-refractivity contribution in [2.24, 2.45) is 0 Å². The predicted octanol–water partition coefficient (Wildman–Crippen LogP) is 3.54. The third-order valence-corrected chi connectivity index (χ3v) is 5.74. The van der Waals surface area contributed by atoms with Crippen LogP contribution in [0.4, 0.5) is 5.69 Å². The number of benzene rings is 1. The van der Waals surface area contributed by atoms with Crippen LogP contribution < -0.4 is 5.73 Å². The number of nitrogens with zero attached hydrogens (tertiary/aromatic N) is 2. The number of nitrogen functional groups attached to an aromatic ring is 1. The molecule has 136 valence electrons. The van der Waals surface area contributed by atoms with Crippen LogP contribution in [-0.4, -0.2) is 37.5 Å². The smallest absolute Gasteiger partial charge is 0.338 e. The molecule has 0 amide bonds. The van der Waals surface area contributed by atoms with E-state index in [1.165, 1.54) is 7.11 Å². The Balaban J connectivity index is 2.11. The van der Waals surface area contributed by atoms with Gasteiger partial charge in [0.25, 0.3) is 0 Å². The molecule has 0 radical (unpaired) electrons. The second-order valence-electron chi connectivity index (χ2n) is 7.35. The van der Waals surface area contributed by atoms with Gasteiger partial charge in [-0.1, -0.05) is 19.6 Å². The first-order valence-corrected chi connectivity index (χ1v) is 12.0. The largest absolute Gasteiger partial charge is 0.465 e. The minimum atomic E-state index is -1.09. The summed E-state index contributed by atoms with van der Waals surface area (Å²) in [6.07, 6.45) is 3.63. The highest BCUT2D eigenvalue weighted by Crippen LogP contribution is 2.27. The summed E-state index contributed by atoms with van der Waals surface area (Å²) < 4.78 is 12.3. The van der Waals surface area contributed by atoms with E-state index >= 15 is 0 Å². The molecule has 2 aromatic rings. The van der Waals surface area contributed by atoms with Crippen LogP contribution in [0.25, 0.3) is 11.1 Å². The van der Waals surface area contributed by atoms with Gasteiger partial charge in [-0.15, -0.1) is 0 Å². The summed E-state index contributed by atoms with van der Waals surface area (Å²) in [5, 5.41) is 4.32. The molecule has 0 bridgehead atoms. The van der Waals surface area contributed by atoms with E-state index in [0.717, 1.165) is 29.3 Å². The lowest BCUT2D eigenvalue weighted by Crippen LogP contribution is -2.22. The number of rotatable bonds is 7. The number of carbonyl (C=O) groups is 1. The molecule has 25 heavy (non-hydrogen) atoms. The maximum absolute atomic E-state index is 11.9. The van der Waals surface area contributed by atoms with Gasteiger partial charge >= 0.3 is 5.97 Å². The summed E-state index contributed by atoms with van der Waals surface area (Å²) in [4.78, 5) is 11.9. The van der Waals surface area contributed by atoms with Crippen molar-refractivity contribution in [3.8, 4) is 11.1 Å². The van der Waals surface area contributed by atoms with Crippen molar-refractivity contribution >= 4 is 19.7 Å². The Bertz CT molecular complexity index is 751. The Morgan fingerprint density at radius 1 is 1.28 bits per heavy atom. The van der Waals surface area contributed by atoms with Crippen molar-refractivity contribution in [2.45, 2.75) is 39.3 Å². The van der Waals surface area contributed by atoms with Crippen LogP contribution in [0, 0.1) is 6.92 Å². The van der Waals surface area contributed by atoms with Crippen molar-refractivity contribution in [1.82, 2.24) is 9.78 Å². The number of methoxy groups -OCH3 is 1. The first-order valence-electron chi connectivity index (χ1n) is 8.30. The van der Waals surface area contributed by atoms with Gasteiger partial charge in [0.05, 0.1) is 18.9 Å². The predicted molar refractivity (Wildman–Crippen MR) is 102 cm³/mol. The third kappa shape index (κ3) is 5.17. The van der Waals surface area contributed by atoms with E-state index < -0.39 is 14.0 Å². The molecule has 0 fully saturated rings. The summed E-state index contributed by atoms with van der Waals surface area (Å²) in [6, 6.07) is 4.75. The minimum absolute atomic E-state index is 0.395. The van der Waals surface area contributed by atoms with E-state index in [1.54, 1.807) is 23.9 Å². The second-order valence-corrected chi connectivity index (χ2v) is 13.0. The van der Waals surface area contributed by atoms with Crippen molar-refractivity contribution in [3.05, 3.63) is 35.7 Å². The average molecular weight is 362 g/mol. The maximum Gasteiger partial charge on any atom is 0.338 e. The molecule has 0 spiro atoms. The van der Waals surface area contributed by atoms with Gasteiger partial charge in [-0.2, -0.15) is 5.10 Å². The van der Waals surface area contributed by atoms with E-state index in [0.29, 0.717) is 18.0 Å². The van der Waals surface area contributed by atoms with E-state index in [4.69, 9.17) is 15.2 Å². The Morgan fingerprint density at radius 2 is 2.00 bits per heavy atom. The fourth-order valence-electron chi connectivity index (χ4n) is 2.35. The molecule has 7 heteroatoms. The Morgan fingerprint density at radius 3 is 2.64 bits per heavy atom. The molecule has 1 heterocycles. The van der Waals surface area contributed by atoms with E-state index in [9.17, 15) is 4.79 Å². The minimum Gasteiger partial charge on any atom is -0.465 e. The molecule has 2 rings (SSSR count). The van der Waals surface area contributed by atoms with Crippen LogP contribution in [0.1, 0.15) is 15.9 Å². The molecule has 0 atom stereocenters. The van der Waals surface area contributed by atoms with Gasteiger partial charge in [-0.25, -0.2) is 9.48 Å². The molecule has 2 N–H and O–H groups in total. The van der Waals surface area contributed by atoms with Crippen LogP contribution >= 0.6 is 0 Å². The first-order chi connectivity index (χ1) is 11.7. The Hall–Kier alpha value is -2.12. The Kier molecular flexibility index (Phi) is 6.02. The number of hydrogen-bond donors (Lipinski definition) is 1. The average Bonchev–Trinajstić information content (AvgIpc) is 3.01. The topological polar surface area (TPSA) is 79.4 Å². The van der Waals surface area contributed by atoms with Crippen LogP contribution in [0.15, 0.2) is 24.5 Å². The maximum atomic E-state index is 11.9. The number of hydrogen-bond acceptors (Lipinski definition) is 5. The number of anilines is 1. The second kappa shape index (κ2) is 7.84. The number of ether oxygens (including phenoxy) is 2. The lowest BCUT2D eigenvalue weighted by Gasteiger charge is -2.15. The summed E-state index contributed by atoms with van der Waals surface area (Å²) in [5.74, 6) is -0.395.